The summed E-state index contributed by atoms with van der Waals surface area (Å²) in [5, 5.41) is 6.14. The quantitative estimate of drug-likeness (QED) is 0.893. The molecule has 0 saturated carbocycles. The second-order valence-electron chi connectivity index (χ2n) is 4.69. The van der Waals surface area contributed by atoms with Crippen molar-refractivity contribution in [1.29, 1.82) is 0 Å². The third-order valence-corrected chi connectivity index (χ3v) is 3.82. The van der Waals surface area contributed by atoms with Crippen LogP contribution in [0.1, 0.15) is 24.5 Å². The molecule has 98 valence electrons. The number of halogens is 1. The SMILES string of the molecule is CCNC(=O)CNC1CCc2cc(Br)ccc2C1. The van der Waals surface area contributed by atoms with Gasteiger partial charge in [-0.2, -0.15) is 0 Å². The van der Waals surface area contributed by atoms with Gasteiger partial charge in [-0.15, -0.1) is 0 Å². The Kier molecular flexibility index (Phi) is 4.78. The Hall–Kier alpha value is -0.870. The Balaban J connectivity index is 1.88. The Morgan fingerprint density at radius 2 is 2.28 bits per heavy atom. The number of rotatable bonds is 4. The maximum absolute atomic E-state index is 11.4. The van der Waals surface area contributed by atoms with Crippen LogP contribution in [0.15, 0.2) is 22.7 Å². The molecule has 0 aliphatic heterocycles. The van der Waals surface area contributed by atoms with Crippen molar-refractivity contribution >= 4 is 21.8 Å². The highest BCUT2D eigenvalue weighted by atomic mass is 79.9. The van der Waals surface area contributed by atoms with Crippen molar-refractivity contribution in [2.45, 2.75) is 32.2 Å². The molecule has 0 bridgehead atoms. The second-order valence-corrected chi connectivity index (χ2v) is 5.60. The number of benzene rings is 1. The summed E-state index contributed by atoms with van der Waals surface area (Å²) >= 11 is 3.50. The molecule has 0 heterocycles. The van der Waals surface area contributed by atoms with Crippen LogP contribution in [0.4, 0.5) is 0 Å². The van der Waals surface area contributed by atoms with Crippen molar-refractivity contribution in [1.82, 2.24) is 10.6 Å². The first-order valence-electron chi connectivity index (χ1n) is 6.46. The van der Waals surface area contributed by atoms with Gasteiger partial charge < -0.3 is 10.6 Å². The Labute approximate surface area is 116 Å². The number of amides is 1. The highest BCUT2D eigenvalue weighted by Gasteiger charge is 2.18. The summed E-state index contributed by atoms with van der Waals surface area (Å²) in [6, 6.07) is 6.89. The minimum absolute atomic E-state index is 0.0825. The van der Waals surface area contributed by atoms with Gasteiger partial charge in [-0.25, -0.2) is 0 Å². The maximum atomic E-state index is 11.4. The zero-order valence-electron chi connectivity index (χ0n) is 10.6. The lowest BCUT2D eigenvalue weighted by Crippen LogP contribution is -2.41. The molecule has 1 aromatic carbocycles. The average molecular weight is 311 g/mol. The molecule has 18 heavy (non-hydrogen) atoms. The summed E-state index contributed by atoms with van der Waals surface area (Å²) in [5.74, 6) is 0.0825. The van der Waals surface area contributed by atoms with E-state index in [1.165, 1.54) is 11.1 Å². The molecule has 1 amide bonds. The molecule has 1 unspecified atom stereocenters. The van der Waals surface area contributed by atoms with Gasteiger partial charge >= 0.3 is 0 Å². The van der Waals surface area contributed by atoms with Crippen LogP contribution < -0.4 is 10.6 Å². The van der Waals surface area contributed by atoms with Gasteiger partial charge in [0, 0.05) is 17.1 Å². The van der Waals surface area contributed by atoms with Crippen molar-refractivity contribution < 1.29 is 4.79 Å². The van der Waals surface area contributed by atoms with E-state index in [-0.39, 0.29) is 5.91 Å². The van der Waals surface area contributed by atoms with E-state index in [2.05, 4.69) is 44.8 Å². The van der Waals surface area contributed by atoms with E-state index < -0.39 is 0 Å². The van der Waals surface area contributed by atoms with E-state index in [4.69, 9.17) is 0 Å². The van der Waals surface area contributed by atoms with Crippen molar-refractivity contribution in [3.05, 3.63) is 33.8 Å². The van der Waals surface area contributed by atoms with Crippen LogP contribution in [0.3, 0.4) is 0 Å². The number of fused-ring (bicyclic) bond motifs is 1. The number of nitrogens with one attached hydrogen (secondary N) is 2. The monoisotopic (exact) mass is 310 g/mol. The molecule has 0 saturated heterocycles. The van der Waals surface area contributed by atoms with Crippen LogP contribution in [-0.2, 0) is 17.6 Å². The standard InChI is InChI=1S/C14H19BrN2O/c1-2-16-14(18)9-17-13-6-4-10-7-12(15)5-3-11(10)8-13/h3,5,7,13,17H,2,4,6,8-9H2,1H3,(H,16,18). The summed E-state index contributed by atoms with van der Waals surface area (Å²) < 4.78 is 1.15. The highest BCUT2D eigenvalue weighted by molar-refractivity contribution is 9.10. The second kappa shape index (κ2) is 6.34. The van der Waals surface area contributed by atoms with Gasteiger partial charge in [0.1, 0.15) is 0 Å². The predicted molar refractivity (Wildman–Crippen MR) is 76.6 cm³/mol. The number of hydrogen-bond donors (Lipinski definition) is 2. The first-order chi connectivity index (χ1) is 8.69. The number of likely N-dealkylation sites (N-methyl/N-ethyl adjacent to an activating group) is 1. The third kappa shape index (κ3) is 3.56. The van der Waals surface area contributed by atoms with Crippen molar-refractivity contribution in [2.24, 2.45) is 0 Å². The molecule has 0 aromatic heterocycles. The molecule has 3 nitrogen and oxygen atoms in total. The summed E-state index contributed by atoms with van der Waals surface area (Å²) in [7, 11) is 0. The minimum atomic E-state index is 0.0825. The van der Waals surface area contributed by atoms with E-state index in [0.29, 0.717) is 19.1 Å². The zero-order valence-corrected chi connectivity index (χ0v) is 12.2. The Morgan fingerprint density at radius 1 is 1.44 bits per heavy atom. The molecule has 1 aliphatic carbocycles. The number of hydrogen-bond acceptors (Lipinski definition) is 2. The average Bonchev–Trinajstić information content (AvgIpc) is 2.36. The molecule has 0 spiro atoms. The molecule has 1 aromatic rings. The lowest BCUT2D eigenvalue weighted by atomic mass is 9.88. The van der Waals surface area contributed by atoms with Gasteiger partial charge in [-0.1, -0.05) is 22.0 Å². The smallest absolute Gasteiger partial charge is 0.233 e. The third-order valence-electron chi connectivity index (χ3n) is 3.32. The topological polar surface area (TPSA) is 41.1 Å². The van der Waals surface area contributed by atoms with E-state index in [0.717, 1.165) is 23.7 Å². The van der Waals surface area contributed by atoms with E-state index in [1.807, 2.05) is 6.92 Å². The summed E-state index contributed by atoms with van der Waals surface area (Å²) in [5.41, 5.74) is 2.83. The minimum Gasteiger partial charge on any atom is -0.355 e. The van der Waals surface area contributed by atoms with Crippen molar-refractivity contribution in [3.8, 4) is 0 Å². The van der Waals surface area contributed by atoms with Crippen LogP contribution >= 0.6 is 15.9 Å². The van der Waals surface area contributed by atoms with Crippen LogP contribution in [0, 0.1) is 0 Å². The van der Waals surface area contributed by atoms with Crippen LogP contribution in [-0.4, -0.2) is 25.0 Å². The predicted octanol–water partition coefficient (Wildman–Crippen LogP) is 2.03. The molecular formula is C14H19BrN2O. The van der Waals surface area contributed by atoms with Gasteiger partial charge in [0.05, 0.1) is 6.54 Å². The number of carbonyl (C=O) groups excluding carboxylic acids is 1. The van der Waals surface area contributed by atoms with Crippen molar-refractivity contribution in [3.63, 3.8) is 0 Å². The first-order valence-corrected chi connectivity index (χ1v) is 7.25. The summed E-state index contributed by atoms with van der Waals surface area (Å²) in [6.07, 6.45) is 3.20. The molecule has 1 atom stereocenters. The van der Waals surface area contributed by atoms with Crippen LogP contribution in [0.5, 0.6) is 0 Å². The first kappa shape index (κ1) is 13.6. The van der Waals surface area contributed by atoms with Gasteiger partial charge in [0.25, 0.3) is 0 Å². The van der Waals surface area contributed by atoms with Gasteiger partial charge in [-0.3, -0.25) is 4.79 Å². The lowest BCUT2D eigenvalue weighted by Gasteiger charge is -2.25. The molecule has 4 heteroatoms. The summed E-state index contributed by atoms with van der Waals surface area (Å²) in [4.78, 5) is 11.4. The maximum Gasteiger partial charge on any atom is 0.233 e. The number of aryl methyl sites for hydroxylation is 1. The molecule has 1 aliphatic rings. The fourth-order valence-corrected chi connectivity index (χ4v) is 2.80. The van der Waals surface area contributed by atoms with Crippen LogP contribution in [0.2, 0.25) is 0 Å². The fraction of sp³-hybridized carbons (Fsp3) is 0.500. The highest BCUT2D eigenvalue weighted by Crippen LogP contribution is 2.24. The van der Waals surface area contributed by atoms with Crippen LogP contribution in [0.25, 0.3) is 0 Å². The van der Waals surface area contributed by atoms with Gasteiger partial charge in [-0.05, 0) is 49.4 Å². The largest absolute Gasteiger partial charge is 0.355 e. The van der Waals surface area contributed by atoms with E-state index in [9.17, 15) is 4.79 Å². The zero-order chi connectivity index (χ0) is 13.0. The fourth-order valence-electron chi connectivity index (χ4n) is 2.39. The lowest BCUT2D eigenvalue weighted by molar-refractivity contribution is -0.120. The van der Waals surface area contributed by atoms with Gasteiger partial charge in [0.2, 0.25) is 5.91 Å². The summed E-state index contributed by atoms with van der Waals surface area (Å²) in [6.45, 7) is 3.05. The van der Waals surface area contributed by atoms with Gasteiger partial charge in [0.15, 0.2) is 0 Å². The molecule has 2 rings (SSSR count). The Bertz CT molecular complexity index is 434. The van der Waals surface area contributed by atoms with Crippen molar-refractivity contribution in [2.75, 3.05) is 13.1 Å². The normalized spacial score (nSPS) is 18.2. The molecule has 2 N–H and O–H groups in total. The molecule has 0 radical (unpaired) electrons. The van der Waals surface area contributed by atoms with E-state index in [1.54, 1.807) is 0 Å². The molecule has 0 fully saturated rings. The molecular weight excluding hydrogens is 292 g/mol. The van der Waals surface area contributed by atoms with E-state index >= 15 is 0 Å². The number of carbonyl (C=O) groups is 1. The Morgan fingerprint density at radius 3 is 3.06 bits per heavy atom.